The van der Waals surface area contributed by atoms with Crippen LogP contribution in [0.15, 0.2) is 36.4 Å². The second-order valence-electron chi connectivity index (χ2n) is 7.61. The van der Waals surface area contributed by atoms with Crippen molar-refractivity contribution in [2.75, 3.05) is 28.2 Å². The standard InChI is InChI=1S/C22H22ClN3O3/c1-13-3-5-19(18(23)9-13)24-22(29)16-11-21(28)26(12-16)17-4-6-20-15(10-17)7-8-25(20)14(2)27/h3-6,9-10,16H,7-8,11-12H2,1-2H3,(H,24,29)/t16-/m1/s1. The summed E-state index contributed by atoms with van der Waals surface area (Å²) < 4.78 is 0. The van der Waals surface area contributed by atoms with E-state index in [0.29, 0.717) is 23.8 Å². The number of carbonyl (C=O) groups is 3. The van der Waals surface area contributed by atoms with Gasteiger partial charge in [0.2, 0.25) is 17.7 Å². The van der Waals surface area contributed by atoms with E-state index >= 15 is 0 Å². The second-order valence-corrected chi connectivity index (χ2v) is 8.02. The molecule has 0 aliphatic carbocycles. The topological polar surface area (TPSA) is 69.7 Å². The predicted molar refractivity (Wildman–Crippen MR) is 113 cm³/mol. The van der Waals surface area contributed by atoms with Gasteiger partial charge in [0.1, 0.15) is 0 Å². The zero-order chi connectivity index (χ0) is 20.7. The number of rotatable bonds is 3. The van der Waals surface area contributed by atoms with Crippen LogP contribution in [0.3, 0.4) is 0 Å². The molecule has 3 amide bonds. The molecule has 1 N–H and O–H groups in total. The molecule has 1 fully saturated rings. The average molecular weight is 412 g/mol. The summed E-state index contributed by atoms with van der Waals surface area (Å²) in [5.41, 5.74) is 4.27. The minimum Gasteiger partial charge on any atom is -0.324 e. The van der Waals surface area contributed by atoms with Crippen molar-refractivity contribution in [2.45, 2.75) is 26.7 Å². The Kier molecular flexibility index (Phi) is 5.04. The molecule has 6 nitrogen and oxygen atoms in total. The highest BCUT2D eigenvalue weighted by Gasteiger charge is 2.36. The van der Waals surface area contributed by atoms with Gasteiger partial charge in [-0.3, -0.25) is 14.4 Å². The lowest BCUT2D eigenvalue weighted by atomic mass is 10.1. The third-order valence-corrected chi connectivity index (χ3v) is 5.84. The molecule has 1 saturated heterocycles. The second kappa shape index (κ2) is 7.52. The molecule has 7 heteroatoms. The zero-order valence-electron chi connectivity index (χ0n) is 16.4. The molecule has 0 bridgehead atoms. The SMILES string of the molecule is CC(=O)N1CCc2cc(N3C[C@H](C(=O)Nc4ccc(C)cc4Cl)CC3=O)ccc21. The summed E-state index contributed by atoms with van der Waals surface area (Å²) in [6.07, 6.45) is 0.923. The average Bonchev–Trinajstić information content (AvgIpc) is 3.27. The van der Waals surface area contributed by atoms with Crippen LogP contribution in [0.25, 0.3) is 0 Å². The molecule has 0 radical (unpaired) electrons. The van der Waals surface area contributed by atoms with Gasteiger partial charge in [-0.1, -0.05) is 17.7 Å². The third-order valence-electron chi connectivity index (χ3n) is 5.53. The van der Waals surface area contributed by atoms with Crippen LogP contribution in [-0.4, -0.2) is 30.8 Å². The van der Waals surface area contributed by atoms with Crippen molar-refractivity contribution in [3.8, 4) is 0 Å². The zero-order valence-corrected chi connectivity index (χ0v) is 17.1. The summed E-state index contributed by atoms with van der Waals surface area (Å²) in [5, 5.41) is 3.32. The van der Waals surface area contributed by atoms with Gasteiger partial charge in [0.25, 0.3) is 0 Å². The first-order valence-electron chi connectivity index (χ1n) is 9.62. The van der Waals surface area contributed by atoms with Gasteiger partial charge in [-0.25, -0.2) is 0 Å². The Bertz CT molecular complexity index is 1020. The highest BCUT2D eigenvalue weighted by atomic mass is 35.5. The molecule has 2 aliphatic heterocycles. The lowest BCUT2D eigenvalue weighted by Gasteiger charge is -2.19. The summed E-state index contributed by atoms with van der Waals surface area (Å²) >= 11 is 6.20. The molecule has 0 aromatic heterocycles. The number of aryl methyl sites for hydroxylation is 1. The Morgan fingerprint density at radius 2 is 1.97 bits per heavy atom. The number of halogens is 1. The number of nitrogens with one attached hydrogen (secondary N) is 1. The van der Waals surface area contributed by atoms with E-state index in [1.807, 2.05) is 31.2 Å². The first kappa shape index (κ1) is 19.5. The van der Waals surface area contributed by atoms with Crippen LogP contribution in [0.5, 0.6) is 0 Å². The first-order valence-corrected chi connectivity index (χ1v) is 9.99. The number of nitrogens with zero attached hydrogens (tertiary/aromatic N) is 2. The van der Waals surface area contributed by atoms with Crippen LogP contribution in [0.4, 0.5) is 17.1 Å². The van der Waals surface area contributed by atoms with Crippen molar-refractivity contribution in [3.63, 3.8) is 0 Å². The molecule has 150 valence electrons. The summed E-state index contributed by atoms with van der Waals surface area (Å²) in [4.78, 5) is 40.4. The van der Waals surface area contributed by atoms with E-state index in [2.05, 4.69) is 5.32 Å². The normalized spacial score (nSPS) is 18.2. The fourth-order valence-corrected chi connectivity index (χ4v) is 4.25. The lowest BCUT2D eigenvalue weighted by molar-refractivity contribution is -0.122. The molecule has 2 aromatic rings. The van der Waals surface area contributed by atoms with Gasteiger partial charge in [-0.2, -0.15) is 0 Å². The summed E-state index contributed by atoms with van der Waals surface area (Å²) in [5.74, 6) is -0.723. The highest BCUT2D eigenvalue weighted by molar-refractivity contribution is 6.33. The van der Waals surface area contributed by atoms with Crippen LogP contribution in [0, 0.1) is 12.8 Å². The number of fused-ring (bicyclic) bond motifs is 1. The fourth-order valence-electron chi connectivity index (χ4n) is 3.97. The number of hydrogen-bond acceptors (Lipinski definition) is 3. The van der Waals surface area contributed by atoms with Crippen molar-refractivity contribution < 1.29 is 14.4 Å². The Hall–Kier alpha value is -2.86. The maximum absolute atomic E-state index is 12.7. The van der Waals surface area contributed by atoms with Crippen molar-refractivity contribution in [2.24, 2.45) is 5.92 Å². The van der Waals surface area contributed by atoms with Crippen molar-refractivity contribution in [1.29, 1.82) is 0 Å². The molecule has 0 unspecified atom stereocenters. The first-order chi connectivity index (χ1) is 13.8. The molecule has 0 saturated carbocycles. The molecule has 2 heterocycles. The van der Waals surface area contributed by atoms with Gasteiger partial charge in [-0.05, 0) is 54.8 Å². The predicted octanol–water partition coefficient (Wildman–Crippen LogP) is 3.55. The fraction of sp³-hybridized carbons (Fsp3) is 0.318. The third kappa shape index (κ3) is 3.72. The van der Waals surface area contributed by atoms with E-state index < -0.39 is 5.92 Å². The van der Waals surface area contributed by atoms with Crippen LogP contribution >= 0.6 is 11.6 Å². The van der Waals surface area contributed by atoms with E-state index in [4.69, 9.17) is 11.6 Å². The molecule has 4 rings (SSSR count). The lowest BCUT2D eigenvalue weighted by Crippen LogP contribution is -2.28. The van der Waals surface area contributed by atoms with E-state index in [0.717, 1.165) is 28.9 Å². The molecular weight excluding hydrogens is 390 g/mol. The van der Waals surface area contributed by atoms with Gasteiger partial charge in [-0.15, -0.1) is 0 Å². The van der Waals surface area contributed by atoms with Crippen LogP contribution in [-0.2, 0) is 20.8 Å². The van der Waals surface area contributed by atoms with Crippen molar-refractivity contribution in [3.05, 3.63) is 52.5 Å². The largest absolute Gasteiger partial charge is 0.324 e. The van der Waals surface area contributed by atoms with Gasteiger partial charge < -0.3 is 15.1 Å². The highest BCUT2D eigenvalue weighted by Crippen LogP contribution is 2.34. The van der Waals surface area contributed by atoms with E-state index in [1.165, 1.54) is 0 Å². The molecule has 1 atom stereocenters. The summed E-state index contributed by atoms with van der Waals surface area (Å²) in [7, 11) is 0. The van der Waals surface area contributed by atoms with E-state index in [9.17, 15) is 14.4 Å². The summed E-state index contributed by atoms with van der Waals surface area (Å²) in [6, 6.07) is 11.1. The van der Waals surface area contributed by atoms with Gasteiger partial charge in [0.05, 0.1) is 16.6 Å². The number of carbonyl (C=O) groups excluding carboxylic acids is 3. The number of benzene rings is 2. The van der Waals surface area contributed by atoms with E-state index in [-0.39, 0.29) is 24.1 Å². The molecule has 2 aliphatic rings. The van der Waals surface area contributed by atoms with Gasteiger partial charge in [0, 0.05) is 37.8 Å². The smallest absolute Gasteiger partial charge is 0.229 e. The van der Waals surface area contributed by atoms with Crippen LogP contribution < -0.4 is 15.1 Å². The maximum Gasteiger partial charge on any atom is 0.229 e. The minimum absolute atomic E-state index is 0.0141. The van der Waals surface area contributed by atoms with E-state index in [1.54, 1.807) is 28.9 Å². The van der Waals surface area contributed by atoms with Gasteiger partial charge in [0.15, 0.2) is 0 Å². The number of amides is 3. The monoisotopic (exact) mass is 411 g/mol. The Morgan fingerprint density at radius 1 is 1.17 bits per heavy atom. The molecule has 2 aromatic carbocycles. The van der Waals surface area contributed by atoms with Crippen molar-refractivity contribution in [1.82, 2.24) is 0 Å². The Balaban J connectivity index is 1.48. The number of anilines is 3. The Labute approximate surface area is 174 Å². The van der Waals surface area contributed by atoms with Gasteiger partial charge >= 0.3 is 0 Å². The molecule has 0 spiro atoms. The quantitative estimate of drug-likeness (QED) is 0.839. The Morgan fingerprint density at radius 3 is 2.69 bits per heavy atom. The van der Waals surface area contributed by atoms with Crippen LogP contribution in [0.1, 0.15) is 24.5 Å². The minimum atomic E-state index is -0.443. The number of hydrogen-bond donors (Lipinski definition) is 1. The maximum atomic E-state index is 12.7. The molecule has 29 heavy (non-hydrogen) atoms. The molecular formula is C22H22ClN3O3. The van der Waals surface area contributed by atoms with Crippen LogP contribution in [0.2, 0.25) is 5.02 Å². The summed E-state index contributed by atoms with van der Waals surface area (Å²) in [6.45, 7) is 4.46. The van der Waals surface area contributed by atoms with Crippen molar-refractivity contribution >= 4 is 46.4 Å².